The van der Waals surface area contributed by atoms with Gasteiger partial charge in [0.1, 0.15) is 0 Å². The number of aryl methyl sites for hydroxylation is 1. The topological polar surface area (TPSA) is 12.9 Å². The van der Waals surface area contributed by atoms with Gasteiger partial charge in [0.25, 0.3) is 0 Å². The molecule has 1 saturated carbocycles. The van der Waals surface area contributed by atoms with Gasteiger partial charge in [0, 0.05) is 0 Å². The van der Waals surface area contributed by atoms with Gasteiger partial charge in [-0.3, -0.25) is 0 Å². The summed E-state index contributed by atoms with van der Waals surface area (Å²) in [6, 6.07) is 8.74. The summed E-state index contributed by atoms with van der Waals surface area (Å²) < 4.78 is 42.0. The van der Waals surface area contributed by atoms with Crippen molar-refractivity contribution >= 4 is 17.7 Å². The molecule has 0 amide bonds. The fraction of sp³-hybridized carbons (Fsp3) is 0.476. The second kappa shape index (κ2) is 6.80. The second-order valence-electron chi connectivity index (χ2n) is 7.57. The average Bonchev–Trinajstić information content (AvgIpc) is 3.15. The summed E-state index contributed by atoms with van der Waals surface area (Å²) in [5.74, 6) is 6.83. The van der Waals surface area contributed by atoms with E-state index in [4.69, 9.17) is 6.85 Å². The van der Waals surface area contributed by atoms with Crippen molar-refractivity contribution in [3.05, 3.63) is 47.7 Å². The van der Waals surface area contributed by atoms with Gasteiger partial charge in [-0.15, -0.1) is 0 Å². The van der Waals surface area contributed by atoms with Gasteiger partial charge in [-0.2, -0.15) is 0 Å². The maximum atomic E-state index is 8.96. The Morgan fingerprint density at radius 2 is 2.00 bits per heavy atom. The molecule has 1 nitrogen and oxygen atoms in total. The van der Waals surface area contributed by atoms with E-state index in [1.54, 1.807) is 18.2 Å². The molecule has 3 rings (SSSR count). The Morgan fingerprint density at radius 1 is 1.22 bits per heavy atom. The zero-order valence-corrected chi connectivity index (χ0v) is 16.4. The molecule has 0 radical (unpaired) electrons. The quantitative estimate of drug-likeness (QED) is 0.660. The van der Waals surface area contributed by atoms with Gasteiger partial charge in [0.2, 0.25) is 0 Å². The van der Waals surface area contributed by atoms with E-state index in [0.717, 1.165) is 41.2 Å². The van der Waals surface area contributed by atoms with E-state index in [2.05, 4.69) is 22.3 Å². The molecule has 1 aliphatic carbocycles. The first-order chi connectivity index (χ1) is 12.9. The van der Waals surface area contributed by atoms with E-state index in [9.17, 15) is 0 Å². The Kier molecular flexibility index (Phi) is 3.39. The molecule has 0 spiro atoms. The second-order valence-corrected chi connectivity index (χ2v) is 18.1. The number of pyridine rings is 1. The van der Waals surface area contributed by atoms with Crippen molar-refractivity contribution in [3.8, 4) is 11.3 Å². The number of hydrogen-bond donors (Lipinski definition) is 0. The van der Waals surface area contributed by atoms with Crippen LogP contribution in [-0.2, 0) is 6.37 Å². The summed E-state index contributed by atoms with van der Waals surface area (Å²) in [6.07, 6.45) is 4.51. The molecule has 0 aliphatic heterocycles. The van der Waals surface area contributed by atoms with Crippen LogP contribution in [0, 0.1) is 12.8 Å². The Morgan fingerprint density at radius 3 is 2.70 bits per heavy atom. The minimum absolute atomic E-state index is 0.0416. The zero-order chi connectivity index (χ0) is 20.7. The van der Waals surface area contributed by atoms with E-state index < -0.39 is 26.5 Å². The molecule has 23 heavy (non-hydrogen) atoms. The molecule has 0 atom stereocenters. The summed E-state index contributed by atoms with van der Waals surface area (Å²) in [4.78, 5) is 4.64. The third kappa shape index (κ3) is 4.06. The van der Waals surface area contributed by atoms with Crippen LogP contribution in [0.15, 0.2) is 36.5 Å². The van der Waals surface area contributed by atoms with Gasteiger partial charge in [-0.1, -0.05) is 0 Å². The van der Waals surface area contributed by atoms with Crippen LogP contribution in [0.5, 0.6) is 0 Å². The Hall–Kier alpha value is -1.09. The van der Waals surface area contributed by atoms with Gasteiger partial charge >= 0.3 is 151 Å². The van der Waals surface area contributed by atoms with Crippen LogP contribution in [0.2, 0.25) is 17.3 Å². The Bertz CT molecular complexity index is 849. The molecule has 1 aromatic carbocycles. The number of aromatic nitrogens is 1. The summed E-state index contributed by atoms with van der Waals surface area (Å²) in [6.45, 7) is -2.17. The predicted molar refractivity (Wildman–Crippen MR) is 103 cm³/mol. The number of rotatable bonds is 4. The Labute approximate surface area is 150 Å². The molecule has 0 N–H and O–H groups in total. The van der Waals surface area contributed by atoms with Crippen molar-refractivity contribution < 1.29 is 6.85 Å². The summed E-state index contributed by atoms with van der Waals surface area (Å²) in [7, 11) is 0. The van der Waals surface area contributed by atoms with E-state index in [1.165, 1.54) is 0 Å². The van der Waals surface area contributed by atoms with Crippen LogP contribution in [0.3, 0.4) is 0 Å². The summed E-state index contributed by atoms with van der Waals surface area (Å²) in [5.41, 5.74) is 2.43. The Balaban J connectivity index is 2.13. The van der Waals surface area contributed by atoms with Crippen LogP contribution in [-0.4, -0.2) is 18.3 Å². The van der Waals surface area contributed by atoms with Crippen molar-refractivity contribution in [2.45, 2.75) is 56.2 Å². The van der Waals surface area contributed by atoms with E-state index in [1.807, 2.05) is 18.3 Å². The normalized spacial score (nSPS) is 20.4. The first-order valence-corrected chi connectivity index (χ1v) is 15.9. The van der Waals surface area contributed by atoms with Gasteiger partial charge in [-0.05, 0) is 0 Å². The van der Waals surface area contributed by atoms with Crippen molar-refractivity contribution in [2.75, 3.05) is 0 Å². The van der Waals surface area contributed by atoms with Crippen molar-refractivity contribution in [3.63, 3.8) is 0 Å². The molecule has 1 aliphatic rings. The molecule has 0 unspecified atom stereocenters. The third-order valence-electron chi connectivity index (χ3n) is 4.59. The molecule has 1 aromatic heterocycles. The molecular weight excluding hydrogens is 339 g/mol. The number of nitrogens with zero attached hydrogens (tertiary/aromatic N) is 1. The molecule has 2 aromatic rings. The zero-order valence-electron chi connectivity index (χ0n) is 19.3. The SMILES string of the molecule is [2H]C([2H])([2H])c1cccc(-c2cc(C([2H])([2H])C3CCCC3)[c]([Ge]([CH3])([CH3])[CH3])cn2)c1. The van der Waals surface area contributed by atoms with Gasteiger partial charge in [0.05, 0.1) is 0 Å². The summed E-state index contributed by atoms with van der Waals surface area (Å²) >= 11 is -2.34. The first kappa shape index (κ1) is 11.5. The van der Waals surface area contributed by atoms with Crippen molar-refractivity contribution in [1.29, 1.82) is 0 Å². The van der Waals surface area contributed by atoms with Gasteiger partial charge in [0.15, 0.2) is 0 Å². The van der Waals surface area contributed by atoms with Crippen LogP contribution in [0.4, 0.5) is 0 Å². The van der Waals surface area contributed by atoms with E-state index >= 15 is 0 Å². The third-order valence-corrected chi connectivity index (χ3v) is 8.81. The fourth-order valence-electron chi connectivity index (χ4n) is 3.30. The van der Waals surface area contributed by atoms with Crippen molar-refractivity contribution in [1.82, 2.24) is 4.98 Å². The van der Waals surface area contributed by atoms with Crippen LogP contribution >= 0.6 is 0 Å². The maximum absolute atomic E-state index is 8.96. The molecular formula is C21H29GeN. The summed E-state index contributed by atoms with van der Waals surface area (Å²) in [5, 5.41) is 0. The standard InChI is InChI=1S/C21H29GeN/c1-16-8-7-11-18(12-16)21-14-19(13-17-9-5-6-10-17)20(15-23-21)22(2,3)4/h7-8,11-12,14-15,17H,5-6,9-10,13H2,1-4H3/i1D3,13D2. The monoisotopic (exact) mass is 374 g/mol. The van der Waals surface area contributed by atoms with Crippen LogP contribution in [0.1, 0.15) is 43.7 Å². The molecule has 0 bridgehead atoms. The molecule has 122 valence electrons. The average molecular weight is 373 g/mol. The van der Waals surface area contributed by atoms with Crippen LogP contribution in [0.25, 0.3) is 11.3 Å². The first-order valence-electron chi connectivity index (χ1n) is 11.0. The van der Waals surface area contributed by atoms with E-state index in [0.29, 0.717) is 5.69 Å². The van der Waals surface area contributed by atoms with Crippen LogP contribution < -0.4 is 4.40 Å². The minimum atomic E-state index is -2.34. The number of benzene rings is 1. The molecule has 1 heterocycles. The van der Waals surface area contributed by atoms with Gasteiger partial charge in [-0.25, -0.2) is 0 Å². The molecule has 2 heteroatoms. The predicted octanol–water partition coefficient (Wildman–Crippen LogP) is 5.33. The molecule has 1 fully saturated rings. The van der Waals surface area contributed by atoms with Gasteiger partial charge < -0.3 is 0 Å². The fourth-order valence-corrected chi connectivity index (χ4v) is 6.25. The molecule has 0 saturated heterocycles. The van der Waals surface area contributed by atoms with Crippen molar-refractivity contribution in [2.24, 2.45) is 5.92 Å². The van der Waals surface area contributed by atoms with E-state index in [-0.39, 0.29) is 11.5 Å². The number of hydrogen-bond acceptors (Lipinski definition) is 1.